The van der Waals surface area contributed by atoms with Crippen LogP contribution in [0, 0.1) is 5.92 Å². The summed E-state index contributed by atoms with van der Waals surface area (Å²) in [6.45, 7) is -1.35. The summed E-state index contributed by atoms with van der Waals surface area (Å²) in [4.78, 5) is 12.8. The van der Waals surface area contributed by atoms with Gasteiger partial charge in [-0.3, -0.25) is 0 Å². The van der Waals surface area contributed by atoms with Crippen molar-refractivity contribution in [2.45, 2.75) is 173 Å². The molecule has 5 aliphatic heterocycles. The SMILES string of the molecule is COCC1O[C@@H](O[C@@H]2C(O)[C@H](O[C@@H]3C(CO)O[C@@H](C)C(O)[C@H]3O)OC(CO)[C@@H]2O)C(O)[C@@H](O[C@@H]2OC(CO)[C@H](O)[C@H](O[C@]3(C(=O)O)C[C@@H](O)[C@@H](C)C(C(O)C(O)CO)O3)C2O)[C@@H]1O. The minimum Gasteiger partial charge on any atom is -0.477 e. The molecule has 5 fully saturated rings. The van der Waals surface area contributed by atoms with Gasteiger partial charge in [0, 0.05) is 19.4 Å². The van der Waals surface area contributed by atoms with Gasteiger partial charge in [-0.15, -0.1) is 0 Å². The smallest absolute Gasteiger partial charge is 0.364 e. The van der Waals surface area contributed by atoms with Crippen molar-refractivity contribution in [2.75, 3.05) is 40.1 Å². The number of hydrogen-bond acceptors (Lipinski definition) is 26. The van der Waals surface area contributed by atoms with Gasteiger partial charge in [0.15, 0.2) is 18.9 Å². The van der Waals surface area contributed by atoms with Gasteiger partial charge in [-0.05, 0) is 6.92 Å². The molecule has 0 aliphatic carbocycles. The first kappa shape index (κ1) is 52.4. The first-order valence-corrected chi connectivity index (χ1v) is 20.3. The average molecular weight is 927 g/mol. The fourth-order valence-electron chi connectivity index (χ4n) is 8.26. The number of hydrogen-bond donors (Lipinski definition) is 16. The van der Waals surface area contributed by atoms with Crippen molar-refractivity contribution in [2.24, 2.45) is 5.92 Å². The maximum Gasteiger partial charge on any atom is 0.364 e. The highest BCUT2D eigenvalue weighted by Crippen LogP contribution is 2.40. The van der Waals surface area contributed by atoms with Crippen LogP contribution in [0.25, 0.3) is 0 Å². The molecule has 63 heavy (non-hydrogen) atoms. The Balaban J connectivity index is 1.39. The predicted octanol–water partition coefficient (Wildman–Crippen LogP) is -9.72. The van der Waals surface area contributed by atoms with E-state index in [1.165, 1.54) is 21.0 Å². The molecule has 368 valence electrons. The van der Waals surface area contributed by atoms with E-state index in [4.69, 9.17) is 47.4 Å². The van der Waals surface area contributed by atoms with Crippen LogP contribution in [0.5, 0.6) is 0 Å². The minimum absolute atomic E-state index is 0.449. The highest BCUT2D eigenvalue weighted by atomic mass is 16.8. The Hall–Kier alpha value is -1.53. The molecule has 26 atom stereocenters. The second-order valence-electron chi connectivity index (χ2n) is 16.3. The molecule has 0 radical (unpaired) electrons. The number of rotatable bonds is 17. The molecule has 0 aromatic carbocycles. The number of aliphatic hydroxyl groups is 15. The Morgan fingerprint density at radius 1 is 0.619 bits per heavy atom. The van der Waals surface area contributed by atoms with E-state index in [1.807, 2.05) is 0 Å². The second kappa shape index (κ2) is 22.1. The Morgan fingerprint density at radius 2 is 1.08 bits per heavy atom. The summed E-state index contributed by atoms with van der Waals surface area (Å²) in [5, 5.41) is 171. The molecule has 0 aromatic heterocycles. The van der Waals surface area contributed by atoms with Crippen molar-refractivity contribution in [1.29, 1.82) is 0 Å². The van der Waals surface area contributed by atoms with Crippen LogP contribution in [-0.2, 0) is 52.2 Å². The highest BCUT2D eigenvalue weighted by Gasteiger charge is 2.60. The maximum atomic E-state index is 12.8. The zero-order valence-corrected chi connectivity index (χ0v) is 34.3. The molecule has 0 aromatic rings. The normalized spacial score (nSPS) is 49.6. The number of methoxy groups -OCH3 is 1. The second-order valence-corrected chi connectivity index (χ2v) is 16.3. The van der Waals surface area contributed by atoms with E-state index in [1.54, 1.807) is 0 Å². The van der Waals surface area contributed by atoms with Crippen LogP contribution >= 0.6 is 0 Å². The topological polar surface area (TPSA) is 433 Å². The molecule has 0 saturated carbocycles. The van der Waals surface area contributed by atoms with Crippen LogP contribution < -0.4 is 0 Å². The number of aliphatic hydroxyl groups excluding tert-OH is 15. The van der Waals surface area contributed by atoms with E-state index in [2.05, 4.69) is 0 Å². The molecule has 0 bridgehead atoms. The summed E-state index contributed by atoms with van der Waals surface area (Å²) in [6.07, 6.45) is -44.3. The molecule has 5 heterocycles. The Morgan fingerprint density at radius 3 is 1.56 bits per heavy atom. The molecular formula is C36H62O27. The number of ether oxygens (including phenoxy) is 10. The lowest BCUT2D eigenvalue weighted by Gasteiger charge is -2.51. The van der Waals surface area contributed by atoms with Crippen molar-refractivity contribution >= 4 is 5.97 Å². The van der Waals surface area contributed by atoms with Crippen molar-refractivity contribution < 1.29 is 134 Å². The molecule has 0 amide bonds. The summed E-state index contributed by atoms with van der Waals surface area (Å²) in [5.74, 6) is -6.00. The number of carboxylic acids is 1. The monoisotopic (exact) mass is 926 g/mol. The first-order chi connectivity index (χ1) is 29.7. The van der Waals surface area contributed by atoms with E-state index in [0.717, 1.165) is 0 Å². The van der Waals surface area contributed by atoms with Crippen LogP contribution in [0.2, 0.25) is 0 Å². The van der Waals surface area contributed by atoms with E-state index in [9.17, 15) is 86.5 Å². The largest absolute Gasteiger partial charge is 0.477 e. The predicted molar refractivity (Wildman–Crippen MR) is 195 cm³/mol. The summed E-state index contributed by atoms with van der Waals surface area (Å²) in [5.41, 5.74) is 0. The van der Waals surface area contributed by atoms with Gasteiger partial charge in [0.25, 0.3) is 5.79 Å². The zero-order chi connectivity index (χ0) is 46.8. The van der Waals surface area contributed by atoms with Gasteiger partial charge in [0.1, 0.15) is 110 Å². The van der Waals surface area contributed by atoms with Crippen LogP contribution in [0.3, 0.4) is 0 Å². The lowest BCUT2D eigenvalue weighted by molar-refractivity contribution is -0.397. The van der Waals surface area contributed by atoms with Gasteiger partial charge in [-0.2, -0.15) is 0 Å². The third-order valence-electron chi connectivity index (χ3n) is 12.1. The Kier molecular flexibility index (Phi) is 18.4. The number of aliphatic carboxylic acids is 1. The average Bonchev–Trinajstić information content (AvgIpc) is 3.25. The quantitative estimate of drug-likeness (QED) is 0.0644. The van der Waals surface area contributed by atoms with Gasteiger partial charge in [-0.25, -0.2) is 4.79 Å². The van der Waals surface area contributed by atoms with Gasteiger partial charge in [0.05, 0.1) is 51.3 Å². The third kappa shape index (κ3) is 10.8. The molecule has 11 unspecified atom stereocenters. The van der Waals surface area contributed by atoms with Crippen LogP contribution in [0.15, 0.2) is 0 Å². The van der Waals surface area contributed by atoms with Gasteiger partial charge < -0.3 is 129 Å². The molecule has 27 heteroatoms. The minimum atomic E-state index is -2.99. The van der Waals surface area contributed by atoms with Crippen LogP contribution in [-0.4, -0.2) is 281 Å². The molecule has 0 spiro atoms. The fourth-order valence-corrected chi connectivity index (χ4v) is 8.26. The third-order valence-corrected chi connectivity index (χ3v) is 12.1. The lowest BCUT2D eigenvalue weighted by Crippen LogP contribution is -2.69. The summed E-state index contributed by atoms with van der Waals surface area (Å²) in [6, 6.07) is 0. The van der Waals surface area contributed by atoms with Gasteiger partial charge in [-0.1, -0.05) is 6.92 Å². The maximum absolute atomic E-state index is 12.8. The van der Waals surface area contributed by atoms with Crippen molar-refractivity contribution in [1.82, 2.24) is 0 Å². The Bertz CT molecular complexity index is 1430. The van der Waals surface area contributed by atoms with Crippen molar-refractivity contribution in [3.63, 3.8) is 0 Å². The number of carbonyl (C=O) groups is 1. The summed E-state index contributed by atoms with van der Waals surface area (Å²) >= 11 is 0. The van der Waals surface area contributed by atoms with E-state index in [-0.39, 0.29) is 0 Å². The lowest BCUT2D eigenvalue weighted by atomic mass is 9.84. The highest BCUT2D eigenvalue weighted by molar-refractivity contribution is 5.76. The van der Waals surface area contributed by atoms with Gasteiger partial charge >= 0.3 is 5.97 Å². The summed E-state index contributed by atoms with van der Waals surface area (Å²) < 4.78 is 56.2. The molecular weight excluding hydrogens is 864 g/mol. The van der Waals surface area contributed by atoms with Crippen LogP contribution in [0.4, 0.5) is 0 Å². The van der Waals surface area contributed by atoms with Crippen molar-refractivity contribution in [3.8, 4) is 0 Å². The van der Waals surface area contributed by atoms with Crippen LogP contribution in [0.1, 0.15) is 20.3 Å². The van der Waals surface area contributed by atoms with E-state index >= 15 is 0 Å². The first-order valence-electron chi connectivity index (χ1n) is 20.3. The molecule has 5 aliphatic rings. The molecule has 27 nitrogen and oxygen atoms in total. The van der Waals surface area contributed by atoms with Gasteiger partial charge in [0.2, 0.25) is 0 Å². The fraction of sp³-hybridized carbons (Fsp3) is 0.972. The number of carboxylic acid groups (broad SMARTS) is 1. The molecule has 16 N–H and O–H groups in total. The summed E-state index contributed by atoms with van der Waals surface area (Å²) in [7, 11) is 1.20. The molecule has 5 saturated heterocycles. The molecule has 5 rings (SSSR count). The van der Waals surface area contributed by atoms with E-state index in [0.29, 0.717) is 0 Å². The van der Waals surface area contributed by atoms with E-state index < -0.39 is 204 Å². The van der Waals surface area contributed by atoms with Crippen molar-refractivity contribution in [3.05, 3.63) is 0 Å². The zero-order valence-electron chi connectivity index (χ0n) is 34.3. The standard InChI is InChI=1S/C36H62O27/c1-10-12(41)4-36(35(52)53,62-27(10)19(44)13(42)5-37)63-31-21(46)15(7-39)57-34(26(31)51)61-30-22(47)17(9-54-3)58-33(25(30)50)60-29-20(45)14(6-38)56-32(24(29)49)59-28-16(8-40)55-11(2)18(43)23(28)48/h10-34,37-51H,4-9H2,1-3H3,(H,52,53)/t10-,11+,12-,13?,14?,15?,16?,17?,18?,19?,20+,21+,22-,23-,24?,25?,26?,27?,28-,29+,30+,31+,32+,33+,34+,36+/m1/s1. The Labute approximate surface area is 358 Å².